The van der Waals surface area contributed by atoms with Crippen molar-refractivity contribution in [2.75, 3.05) is 32.7 Å². The van der Waals surface area contributed by atoms with E-state index in [1.165, 1.54) is 6.42 Å². The van der Waals surface area contributed by atoms with Crippen LogP contribution in [0, 0.1) is 5.92 Å². The van der Waals surface area contributed by atoms with E-state index in [1.807, 2.05) is 24.8 Å². The standard InChI is InChI=1S/C19H30N2O3/c1-14-12-16(14)17-6-4-15(24-17)5-7-18(22)21-10-8-20(9-11-21)13-19(2,3)23/h4,6,14,16,23H,5,7-13H2,1-3H3/t14-,16-/m1/s1. The Labute approximate surface area is 144 Å². The zero-order chi connectivity index (χ0) is 17.3. The number of amides is 1. The van der Waals surface area contributed by atoms with Gasteiger partial charge in [-0.1, -0.05) is 6.92 Å². The number of rotatable bonds is 6. The molecule has 134 valence electrons. The lowest BCUT2D eigenvalue weighted by Gasteiger charge is -2.37. The topological polar surface area (TPSA) is 56.9 Å². The lowest BCUT2D eigenvalue weighted by atomic mass is 10.1. The van der Waals surface area contributed by atoms with Crippen LogP contribution in [0.1, 0.15) is 51.1 Å². The Hall–Kier alpha value is -1.33. The van der Waals surface area contributed by atoms with Gasteiger partial charge in [0.1, 0.15) is 11.5 Å². The minimum atomic E-state index is -0.678. The molecule has 0 radical (unpaired) electrons. The number of hydrogen-bond acceptors (Lipinski definition) is 4. The van der Waals surface area contributed by atoms with E-state index >= 15 is 0 Å². The van der Waals surface area contributed by atoms with Crippen LogP contribution in [-0.4, -0.2) is 59.1 Å². The van der Waals surface area contributed by atoms with E-state index in [2.05, 4.69) is 17.9 Å². The first kappa shape index (κ1) is 17.5. The van der Waals surface area contributed by atoms with Crippen molar-refractivity contribution < 1.29 is 14.3 Å². The van der Waals surface area contributed by atoms with Gasteiger partial charge in [0.25, 0.3) is 0 Å². The molecule has 1 aromatic heterocycles. The van der Waals surface area contributed by atoms with E-state index in [0.29, 0.717) is 25.3 Å². The largest absolute Gasteiger partial charge is 0.466 e. The van der Waals surface area contributed by atoms with Crippen LogP contribution in [0.25, 0.3) is 0 Å². The van der Waals surface area contributed by atoms with Gasteiger partial charge in [-0.05, 0) is 38.3 Å². The SMILES string of the molecule is C[C@@H]1C[C@H]1c1ccc(CCC(=O)N2CCN(CC(C)(C)O)CC2)o1. The van der Waals surface area contributed by atoms with Crippen LogP contribution in [0.2, 0.25) is 0 Å². The average Bonchev–Trinajstić information content (AvgIpc) is 3.06. The molecule has 24 heavy (non-hydrogen) atoms. The highest BCUT2D eigenvalue weighted by molar-refractivity contribution is 5.76. The molecule has 5 nitrogen and oxygen atoms in total. The first-order valence-electron chi connectivity index (χ1n) is 9.13. The Kier molecular flexibility index (Phi) is 5.02. The third kappa shape index (κ3) is 4.61. The predicted octanol–water partition coefficient (Wildman–Crippen LogP) is 2.25. The second kappa shape index (κ2) is 6.89. The lowest BCUT2D eigenvalue weighted by Crippen LogP contribution is -2.52. The van der Waals surface area contributed by atoms with Crippen molar-refractivity contribution in [3.8, 4) is 0 Å². The molecule has 2 atom stereocenters. The van der Waals surface area contributed by atoms with Crippen LogP contribution < -0.4 is 0 Å². The van der Waals surface area contributed by atoms with Crippen LogP contribution in [0.3, 0.4) is 0 Å². The van der Waals surface area contributed by atoms with Gasteiger partial charge in [0.05, 0.1) is 5.60 Å². The highest BCUT2D eigenvalue weighted by Gasteiger charge is 2.36. The summed E-state index contributed by atoms with van der Waals surface area (Å²) in [4.78, 5) is 16.5. The fourth-order valence-corrected chi connectivity index (χ4v) is 3.54. The third-order valence-electron chi connectivity index (χ3n) is 5.08. The Morgan fingerprint density at radius 2 is 1.96 bits per heavy atom. The zero-order valence-electron chi connectivity index (χ0n) is 15.1. The second-order valence-corrected chi connectivity index (χ2v) is 8.09. The van der Waals surface area contributed by atoms with E-state index in [0.717, 1.165) is 43.6 Å². The van der Waals surface area contributed by atoms with Gasteiger partial charge >= 0.3 is 0 Å². The average molecular weight is 334 g/mol. The van der Waals surface area contributed by atoms with Gasteiger partial charge in [0.2, 0.25) is 5.91 Å². The first-order valence-corrected chi connectivity index (χ1v) is 9.13. The maximum Gasteiger partial charge on any atom is 0.223 e. The van der Waals surface area contributed by atoms with Gasteiger partial charge in [-0.25, -0.2) is 0 Å². The Morgan fingerprint density at radius 1 is 1.29 bits per heavy atom. The van der Waals surface area contributed by atoms with Gasteiger partial charge in [-0.15, -0.1) is 0 Å². The molecule has 0 aromatic carbocycles. The maximum atomic E-state index is 12.4. The highest BCUT2D eigenvalue weighted by atomic mass is 16.3. The molecule has 2 fully saturated rings. The van der Waals surface area contributed by atoms with Crippen molar-refractivity contribution in [1.82, 2.24) is 9.80 Å². The minimum Gasteiger partial charge on any atom is -0.466 e. The number of aliphatic hydroxyl groups is 1. The van der Waals surface area contributed by atoms with E-state index in [9.17, 15) is 9.90 Å². The van der Waals surface area contributed by atoms with E-state index < -0.39 is 5.60 Å². The van der Waals surface area contributed by atoms with Gasteiger partial charge in [-0.2, -0.15) is 0 Å². The first-order chi connectivity index (χ1) is 11.3. The quantitative estimate of drug-likeness (QED) is 0.867. The van der Waals surface area contributed by atoms with Gasteiger partial charge in [-0.3, -0.25) is 9.69 Å². The van der Waals surface area contributed by atoms with Crippen molar-refractivity contribution in [3.63, 3.8) is 0 Å². The van der Waals surface area contributed by atoms with Crippen LogP contribution in [-0.2, 0) is 11.2 Å². The molecular formula is C19H30N2O3. The summed E-state index contributed by atoms with van der Waals surface area (Å²) in [5, 5.41) is 9.88. The summed E-state index contributed by atoms with van der Waals surface area (Å²) in [5.74, 6) is 3.56. The summed E-state index contributed by atoms with van der Waals surface area (Å²) in [5.41, 5.74) is -0.678. The number of furan rings is 1. The predicted molar refractivity (Wildman–Crippen MR) is 92.9 cm³/mol. The molecule has 1 amide bonds. The van der Waals surface area contributed by atoms with Gasteiger partial charge in [0, 0.05) is 51.5 Å². The fraction of sp³-hybridized carbons (Fsp3) is 0.737. The van der Waals surface area contributed by atoms with E-state index in [1.54, 1.807) is 0 Å². The van der Waals surface area contributed by atoms with E-state index in [-0.39, 0.29) is 5.91 Å². The molecule has 1 aliphatic heterocycles. The number of piperazine rings is 1. The maximum absolute atomic E-state index is 12.4. The summed E-state index contributed by atoms with van der Waals surface area (Å²) >= 11 is 0. The Morgan fingerprint density at radius 3 is 2.54 bits per heavy atom. The van der Waals surface area contributed by atoms with Crippen LogP contribution >= 0.6 is 0 Å². The molecule has 2 heterocycles. The van der Waals surface area contributed by atoms with Gasteiger partial charge < -0.3 is 14.4 Å². The molecule has 1 N–H and O–H groups in total. The molecule has 2 aliphatic rings. The molecule has 1 aliphatic carbocycles. The van der Waals surface area contributed by atoms with Crippen molar-refractivity contribution in [2.45, 2.75) is 51.6 Å². The monoisotopic (exact) mass is 334 g/mol. The molecule has 0 spiro atoms. The minimum absolute atomic E-state index is 0.204. The molecule has 0 bridgehead atoms. The van der Waals surface area contributed by atoms with Crippen molar-refractivity contribution in [3.05, 3.63) is 23.7 Å². The smallest absolute Gasteiger partial charge is 0.223 e. The Balaban J connectivity index is 1.40. The number of hydrogen-bond donors (Lipinski definition) is 1. The number of aryl methyl sites for hydroxylation is 1. The molecule has 1 saturated heterocycles. The zero-order valence-corrected chi connectivity index (χ0v) is 15.1. The fourth-order valence-electron chi connectivity index (χ4n) is 3.54. The summed E-state index contributed by atoms with van der Waals surface area (Å²) in [7, 11) is 0. The highest BCUT2D eigenvalue weighted by Crippen LogP contribution is 2.47. The van der Waals surface area contributed by atoms with Crippen LogP contribution in [0.5, 0.6) is 0 Å². The van der Waals surface area contributed by atoms with Crippen molar-refractivity contribution in [1.29, 1.82) is 0 Å². The summed E-state index contributed by atoms with van der Waals surface area (Å²) in [6.45, 7) is 9.71. The molecule has 1 saturated carbocycles. The summed E-state index contributed by atoms with van der Waals surface area (Å²) in [6, 6.07) is 4.10. The normalized spacial score (nSPS) is 25.1. The molecule has 1 aromatic rings. The summed E-state index contributed by atoms with van der Waals surface area (Å²) in [6.07, 6.45) is 2.42. The van der Waals surface area contributed by atoms with Crippen LogP contribution in [0.4, 0.5) is 0 Å². The third-order valence-corrected chi connectivity index (χ3v) is 5.08. The second-order valence-electron chi connectivity index (χ2n) is 8.09. The van der Waals surface area contributed by atoms with E-state index in [4.69, 9.17) is 4.42 Å². The summed E-state index contributed by atoms with van der Waals surface area (Å²) < 4.78 is 5.88. The number of nitrogens with zero attached hydrogens (tertiary/aromatic N) is 2. The van der Waals surface area contributed by atoms with Crippen molar-refractivity contribution in [2.24, 2.45) is 5.92 Å². The Bertz CT molecular complexity index is 567. The van der Waals surface area contributed by atoms with Crippen molar-refractivity contribution >= 4 is 5.91 Å². The lowest BCUT2D eigenvalue weighted by molar-refractivity contribution is -0.133. The molecule has 3 rings (SSSR count). The van der Waals surface area contributed by atoms with Crippen LogP contribution in [0.15, 0.2) is 16.5 Å². The molecular weight excluding hydrogens is 304 g/mol. The van der Waals surface area contributed by atoms with Gasteiger partial charge in [0.15, 0.2) is 0 Å². The molecule has 0 unspecified atom stereocenters. The number of carbonyl (C=O) groups excluding carboxylic acids is 1. The number of β-amino-alcohol motifs (C(OH)–C–C–N with tert-alkyl or cyclic N) is 1. The molecule has 5 heteroatoms. The number of carbonyl (C=O) groups is 1.